The highest BCUT2D eigenvalue weighted by Crippen LogP contribution is 2.23. The van der Waals surface area contributed by atoms with Gasteiger partial charge in [0.2, 0.25) is 0 Å². The maximum Gasteiger partial charge on any atom is 0.322 e. The molecule has 110 valence electrons. The van der Waals surface area contributed by atoms with E-state index in [0.717, 1.165) is 13.1 Å². The summed E-state index contributed by atoms with van der Waals surface area (Å²) in [7, 11) is 1.58. The second-order valence-corrected chi connectivity index (χ2v) is 4.68. The molecule has 1 saturated heterocycles. The van der Waals surface area contributed by atoms with E-state index in [1.165, 1.54) is 0 Å². The summed E-state index contributed by atoms with van der Waals surface area (Å²) in [4.78, 5) is 16.1. The Morgan fingerprint density at radius 1 is 1.30 bits per heavy atom. The maximum atomic E-state index is 12.2. The van der Waals surface area contributed by atoms with E-state index >= 15 is 0 Å². The van der Waals surface area contributed by atoms with E-state index in [-0.39, 0.29) is 12.6 Å². The number of piperazine rings is 1. The van der Waals surface area contributed by atoms with Gasteiger partial charge in [-0.3, -0.25) is 4.90 Å². The van der Waals surface area contributed by atoms with Crippen LogP contribution in [0.2, 0.25) is 0 Å². The fraction of sp³-hybridized carbons (Fsp3) is 0.500. The van der Waals surface area contributed by atoms with Gasteiger partial charge in [0.1, 0.15) is 5.75 Å². The van der Waals surface area contributed by atoms with E-state index in [4.69, 9.17) is 9.84 Å². The first kappa shape index (κ1) is 14.6. The summed E-state index contributed by atoms with van der Waals surface area (Å²) >= 11 is 0. The Morgan fingerprint density at radius 3 is 2.65 bits per heavy atom. The monoisotopic (exact) mass is 279 g/mol. The zero-order valence-electron chi connectivity index (χ0n) is 11.7. The molecule has 1 aliphatic heterocycles. The first-order valence-corrected chi connectivity index (χ1v) is 6.76. The van der Waals surface area contributed by atoms with Crippen LogP contribution in [0.1, 0.15) is 0 Å². The lowest BCUT2D eigenvalue weighted by Crippen LogP contribution is -2.50. The van der Waals surface area contributed by atoms with Crippen molar-refractivity contribution < 1.29 is 14.6 Å². The topological polar surface area (TPSA) is 65.0 Å². The number of ether oxygens (including phenoxy) is 1. The largest absolute Gasteiger partial charge is 0.495 e. The van der Waals surface area contributed by atoms with Crippen LogP contribution in [-0.2, 0) is 0 Å². The molecule has 0 bridgehead atoms. The number of benzene rings is 1. The Hall–Kier alpha value is -1.79. The summed E-state index contributed by atoms with van der Waals surface area (Å²) in [5.41, 5.74) is 0.679. The van der Waals surface area contributed by atoms with Gasteiger partial charge in [0.05, 0.1) is 19.4 Å². The molecule has 1 fully saturated rings. The number of hydrogen-bond acceptors (Lipinski definition) is 4. The first-order chi connectivity index (χ1) is 9.74. The van der Waals surface area contributed by atoms with Crippen LogP contribution in [0.3, 0.4) is 0 Å². The standard InChI is InChI=1S/C14H21N3O3/c1-20-13-5-3-2-4-12(13)15-14(19)17-8-6-16(7-9-17)10-11-18/h2-5,18H,6-11H2,1H3,(H,15,19). The van der Waals surface area contributed by atoms with Crippen molar-refractivity contribution in [3.8, 4) is 5.75 Å². The average Bonchev–Trinajstić information content (AvgIpc) is 2.49. The highest BCUT2D eigenvalue weighted by Gasteiger charge is 2.21. The number of β-amino-alcohol motifs (C(OH)–C–C–N with tert-alkyl or cyclic N) is 1. The summed E-state index contributed by atoms with van der Waals surface area (Å²) in [6.45, 7) is 3.75. The number of para-hydroxylation sites is 2. The van der Waals surface area contributed by atoms with Crippen molar-refractivity contribution in [1.29, 1.82) is 0 Å². The zero-order valence-corrected chi connectivity index (χ0v) is 11.7. The van der Waals surface area contributed by atoms with Crippen LogP contribution in [-0.4, -0.2) is 67.4 Å². The lowest BCUT2D eigenvalue weighted by Gasteiger charge is -2.34. The minimum atomic E-state index is -0.113. The predicted octanol–water partition coefficient (Wildman–Crippen LogP) is 0.837. The van der Waals surface area contributed by atoms with E-state index in [0.29, 0.717) is 31.1 Å². The molecule has 1 heterocycles. The molecule has 0 aromatic heterocycles. The van der Waals surface area contributed by atoms with Crippen molar-refractivity contribution in [2.24, 2.45) is 0 Å². The zero-order chi connectivity index (χ0) is 14.4. The molecule has 1 aromatic rings. The van der Waals surface area contributed by atoms with Crippen molar-refractivity contribution >= 4 is 11.7 Å². The van der Waals surface area contributed by atoms with Gasteiger partial charge in [-0.05, 0) is 12.1 Å². The Labute approximate surface area is 118 Å². The number of amides is 2. The highest BCUT2D eigenvalue weighted by molar-refractivity contribution is 5.91. The molecular formula is C14H21N3O3. The molecule has 1 aromatic carbocycles. The quantitative estimate of drug-likeness (QED) is 0.857. The molecule has 0 unspecified atom stereocenters. The predicted molar refractivity (Wildman–Crippen MR) is 77.1 cm³/mol. The van der Waals surface area contributed by atoms with E-state index < -0.39 is 0 Å². The molecule has 20 heavy (non-hydrogen) atoms. The van der Waals surface area contributed by atoms with Crippen molar-refractivity contribution in [1.82, 2.24) is 9.80 Å². The first-order valence-electron chi connectivity index (χ1n) is 6.76. The van der Waals surface area contributed by atoms with E-state index in [9.17, 15) is 4.79 Å². The average molecular weight is 279 g/mol. The molecule has 2 amide bonds. The van der Waals surface area contributed by atoms with Crippen LogP contribution in [0.15, 0.2) is 24.3 Å². The number of urea groups is 1. The summed E-state index contributed by atoms with van der Waals surface area (Å²) in [5, 5.41) is 11.8. The summed E-state index contributed by atoms with van der Waals surface area (Å²) in [5.74, 6) is 0.653. The van der Waals surface area contributed by atoms with Gasteiger partial charge in [-0.15, -0.1) is 0 Å². The fourth-order valence-corrected chi connectivity index (χ4v) is 2.26. The van der Waals surface area contributed by atoms with E-state index in [2.05, 4.69) is 10.2 Å². The lowest BCUT2D eigenvalue weighted by atomic mass is 10.3. The Bertz CT molecular complexity index is 445. The maximum absolute atomic E-state index is 12.2. The molecule has 0 radical (unpaired) electrons. The second-order valence-electron chi connectivity index (χ2n) is 4.68. The molecule has 0 spiro atoms. The number of carbonyl (C=O) groups excluding carboxylic acids is 1. The number of nitrogens with one attached hydrogen (secondary N) is 1. The number of aliphatic hydroxyl groups excluding tert-OH is 1. The number of methoxy groups -OCH3 is 1. The molecule has 0 atom stereocenters. The molecule has 2 rings (SSSR count). The Morgan fingerprint density at radius 2 is 2.00 bits per heavy atom. The van der Waals surface area contributed by atoms with Gasteiger partial charge in [0.15, 0.2) is 0 Å². The highest BCUT2D eigenvalue weighted by atomic mass is 16.5. The lowest BCUT2D eigenvalue weighted by molar-refractivity contribution is 0.127. The number of nitrogens with zero attached hydrogens (tertiary/aromatic N) is 2. The van der Waals surface area contributed by atoms with E-state index in [1.807, 2.05) is 24.3 Å². The fourth-order valence-electron chi connectivity index (χ4n) is 2.26. The number of anilines is 1. The van der Waals surface area contributed by atoms with E-state index in [1.54, 1.807) is 12.0 Å². The minimum absolute atomic E-state index is 0.113. The Balaban J connectivity index is 1.89. The van der Waals surface area contributed by atoms with Gasteiger partial charge < -0.3 is 20.1 Å². The van der Waals surface area contributed by atoms with Gasteiger partial charge in [0, 0.05) is 32.7 Å². The third-order valence-electron chi connectivity index (χ3n) is 3.42. The molecule has 0 saturated carbocycles. The van der Waals surface area contributed by atoms with Gasteiger partial charge in [-0.1, -0.05) is 12.1 Å². The summed E-state index contributed by atoms with van der Waals surface area (Å²) < 4.78 is 5.21. The molecule has 1 aliphatic rings. The van der Waals surface area contributed by atoms with Gasteiger partial charge in [0.25, 0.3) is 0 Å². The number of aliphatic hydroxyl groups is 1. The summed E-state index contributed by atoms with van der Waals surface area (Å²) in [6, 6.07) is 7.24. The SMILES string of the molecule is COc1ccccc1NC(=O)N1CCN(CCO)CC1. The van der Waals surface area contributed by atoms with Crippen LogP contribution < -0.4 is 10.1 Å². The van der Waals surface area contributed by atoms with Gasteiger partial charge in [-0.25, -0.2) is 4.79 Å². The van der Waals surface area contributed by atoms with Gasteiger partial charge in [-0.2, -0.15) is 0 Å². The smallest absolute Gasteiger partial charge is 0.322 e. The Kier molecular flexibility index (Phi) is 5.20. The third-order valence-corrected chi connectivity index (χ3v) is 3.42. The second kappa shape index (κ2) is 7.12. The molecule has 6 nitrogen and oxygen atoms in total. The van der Waals surface area contributed by atoms with Crippen LogP contribution in [0, 0.1) is 0 Å². The molecule has 0 aliphatic carbocycles. The molecule has 2 N–H and O–H groups in total. The minimum Gasteiger partial charge on any atom is -0.495 e. The van der Waals surface area contributed by atoms with Gasteiger partial charge >= 0.3 is 6.03 Å². The van der Waals surface area contributed by atoms with Crippen molar-refractivity contribution in [2.45, 2.75) is 0 Å². The van der Waals surface area contributed by atoms with Crippen LogP contribution >= 0.6 is 0 Å². The van der Waals surface area contributed by atoms with Crippen molar-refractivity contribution in [3.63, 3.8) is 0 Å². The summed E-state index contributed by atoms with van der Waals surface area (Å²) in [6.07, 6.45) is 0. The van der Waals surface area contributed by atoms with Crippen molar-refractivity contribution in [2.75, 3.05) is 51.8 Å². The van der Waals surface area contributed by atoms with Crippen LogP contribution in [0.25, 0.3) is 0 Å². The van der Waals surface area contributed by atoms with Crippen molar-refractivity contribution in [3.05, 3.63) is 24.3 Å². The van der Waals surface area contributed by atoms with Crippen LogP contribution in [0.5, 0.6) is 5.75 Å². The molecule has 6 heteroatoms. The normalized spacial score (nSPS) is 16.0. The van der Waals surface area contributed by atoms with Crippen LogP contribution in [0.4, 0.5) is 10.5 Å². The third kappa shape index (κ3) is 3.61. The number of rotatable bonds is 4. The molecular weight excluding hydrogens is 258 g/mol. The number of carbonyl (C=O) groups is 1. The number of hydrogen-bond donors (Lipinski definition) is 2.